The minimum absolute atomic E-state index is 0.215. The van der Waals surface area contributed by atoms with E-state index < -0.39 is 0 Å². The SMILES string of the molecule is CO[C@H]1CCc2c(B3OC(C)(C)C(C)(C)O3)cccc21. The molecule has 3 rings (SSSR count). The van der Waals surface area contributed by atoms with Crippen LogP contribution in [0.15, 0.2) is 18.2 Å². The van der Waals surface area contributed by atoms with Crippen LogP contribution in [0.3, 0.4) is 0 Å². The van der Waals surface area contributed by atoms with Gasteiger partial charge in [0, 0.05) is 7.11 Å². The summed E-state index contributed by atoms with van der Waals surface area (Å²) in [6.07, 6.45) is 2.29. The van der Waals surface area contributed by atoms with E-state index in [2.05, 4.69) is 45.9 Å². The smallest absolute Gasteiger partial charge is 0.399 e. The molecule has 3 nitrogen and oxygen atoms in total. The summed E-state index contributed by atoms with van der Waals surface area (Å²) in [5.74, 6) is 0. The lowest BCUT2D eigenvalue weighted by molar-refractivity contribution is 0.00578. The van der Waals surface area contributed by atoms with Gasteiger partial charge in [-0.1, -0.05) is 18.2 Å². The summed E-state index contributed by atoms with van der Waals surface area (Å²) in [6.45, 7) is 8.37. The maximum absolute atomic E-state index is 6.18. The number of hydrogen-bond acceptors (Lipinski definition) is 3. The molecule has 1 saturated heterocycles. The Kier molecular flexibility index (Phi) is 3.24. The molecule has 1 aromatic rings. The second-order valence-electron chi connectivity index (χ2n) is 6.77. The molecule has 0 spiro atoms. The Morgan fingerprint density at radius 2 is 1.80 bits per heavy atom. The average Bonchev–Trinajstić information content (AvgIpc) is 2.88. The van der Waals surface area contributed by atoms with Crippen LogP contribution in [0.4, 0.5) is 0 Å². The Bertz CT molecular complexity index is 508. The zero-order valence-electron chi connectivity index (χ0n) is 13.0. The van der Waals surface area contributed by atoms with Gasteiger partial charge in [-0.2, -0.15) is 0 Å². The lowest BCUT2D eigenvalue weighted by Gasteiger charge is -2.32. The van der Waals surface area contributed by atoms with E-state index in [1.807, 2.05) is 0 Å². The fraction of sp³-hybridized carbons (Fsp3) is 0.625. The Hall–Kier alpha value is -0.835. The Morgan fingerprint density at radius 3 is 2.40 bits per heavy atom. The molecule has 1 aliphatic heterocycles. The van der Waals surface area contributed by atoms with Crippen molar-refractivity contribution in [1.82, 2.24) is 0 Å². The van der Waals surface area contributed by atoms with Gasteiger partial charge in [0.15, 0.2) is 0 Å². The topological polar surface area (TPSA) is 27.7 Å². The van der Waals surface area contributed by atoms with Gasteiger partial charge in [-0.25, -0.2) is 0 Å². The van der Waals surface area contributed by atoms with Crippen LogP contribution in [0, 0.1) is 0 Å². The van der Waals surface area contributed by atoms with E-state index in [0.717, 1.165) is 12.8 Å². The van der Waals surface area contributed by atoms with Crippen LogP contribution in [0.25, 0.3) is 0 Å². The van der Waals surface area contributed by atoms with E-state index in [0.29, 0.717) is 0 Å². The predicted octanol–water partition coefficient (Wildman–Crippen LogP) is 2.62. The highest BCUT2D eigenvalue weighted by Gasteiger charge is 2.52. The van der Waals surface area contributed by atoms with E-state index in [-0.39, 0.29) is 24.4 Å². The van der Waals surface area contributed by atoms with Crippen LogP contribution < -0.4 is 5.46 Å². The first-order valence-electron chi connectivity index (χ1n) is 7.36. The van der Waals surface area contributed by atoms with Gasteiger partial charge >= 0.3 is 7.12 Å². The molecule has 20 heavy (non-hydrogen) atoms. The molecule has 4 heteroatoms. The number of fused-ring (bicyclic) bond motifs is 1. The highest BCUT2D eigenvalue weighted by Crippen LogP contribution is 2.38. The molecule has 108 valence electrons. The molecular formula is C16H23BO3. The lowest BCUT2D eigenvalue weighted by Crippen LogP contribution is -2.41. The van der Waals surface area contributed by atoms with Gasteiger partial charge in [0.2, 0.25) is 0 Å². The van der Waals surface area contributed by atoms with E-state index in [4.69, 9.17) is 14.0 Å². The van der Waals surface area contributed by atoms with Crippen LogP contribution in [0.1, 0.15) is 51.3 Å². The molecule has 1 aliphatic carbocycles. The molecule has 1 fully saturated rings. The summed E-state index contributed by atoms with van der Waals surface area (Å²) >= 11 is 0. The van der Waals surface area contributed by atoms with Crippen molar-refractivity contribution in [3.05, 3.63) is 29.3 Å². The molecule has 1 aromatic carbocycles. The second-order valence-corrected chi connectivity index (χ2v) is 6.77. The number of methoxy groups -OCH3 is 1. The van der Waals surface area contributed by atoms with Gasteiger partial charge < -0.3 is 14.0 Å². The van der Waals surface area contributed by atoms with Crippen LogP contribution >= 0.6 is 0 Å². The van der Waals surface area contributed by atoms with Gasteiger partial charge in [-0.05, 0) is 57.1 Å². The molecule has 0 bridgehead atoms. The zero-order valence-corrected chi connectivity index (χ0v) is 13.0. The minimum atomic E-state index is -0.292. The molecule has 0 unspecified atom stereocenters. The van der Waals surface area contributed by atoms with Gasteiger partial charge in [-0.3, -0.25) is 0 Å². The number of rotatable bonds is 2. The fourth-order valence-electron chi connectivity index (χ4n) is 3.08. The molecule has 1 heterocycles. The highest BCUT2D eigenvalue weighted by atomic mass is 16.7. The third kappa shape index (κ3) is 2.02. The van der Waals surface area contributed by atoms with Crippen LogP contribution in [0.5, 0.6) is 0 Å². The molecule has 0 saturated carbocycles. The first-order chi connectivity index (χ1) is 9.36. The molecule has 1 atom stereocenters. The van der Waals surface area contributed by atoms with E-state index in [1.165, 1.54) is 16.6 Å². The normalized spacial score (nSPS) is 26.9. The maximum Gasteiger partial charge on any atom is 0.495 e. The van der Waals surface area contributed by atoms with E-state index >= 15 is 0 Å². The van der Waals surface area contributed by atoms with E-state index in [9.17, 15) is 0 Å². The third-order valence-corrected chi connectivity index (χ3v) is 5.04. The first kappa shape index (κ1) is 14.1. The minimum Gasteiger partial charge on any atom is -0.399 e. The van der Waals surface area contributed by atoms with Gasteiger partial charge in [0.25, 0.3) is 0 Å². The van der Waals surface area contributed by atoms with Gasteiger partial charge in [0.05, 0.1) is 17.3 Å². The Morgan fingerprint density at radius 1 is 1.15 bits per heavy atom. The molecular weight excluding hydrogens is 251 g/mol. The Balaban J connectivity index is 1.96. The van der Waals surface area contributed by atoms with Crippen LogP contribution in [-0.2, 0) is 20.5 Å². The lowest BCUT2D eigenvalue weighted by atomic mass is 9.75. The van der Waals surface area contributed by atoms with Crippen molar-refractivity contribution in [3.63, 3.8) is 0 Å². The maximum atomic E-state index is 6.18. The standard InChI is InChI=1S/C16H23BO3/c1-15(2)16(3,4)20-17(19-15)13-8-6-7-12-11(13)9-10-14(12)18-5/h6-8,14H,9-10H2,1-5H3/t14-/m0/s1. The molecule has 0 N–H and O–H groups in total. The number of benzene rings is 1. The summed E-state index contributed by atoms with van der Waals surface area (Å²) in [4.78, 5) is 0. The average molecular weight is 274 g/mol. The monoisotopic (exact) mass is 274 g/mol. The number of hydrogen-bond donors (Lipinski definition) is 0. The summed E-state index contributed by atoms with van der Waals surface area (Å²) in [5, 5.41) is 0. The van der Waals surface area contributed by atoms with E-state index in [1.54, 1.807) is 7.11 Å². The first-order valence-corrected chi connectivity index (χ1v) is 7.36. The zero-order chi connectivity index (χ0) is 14.5. The second kappa shape index (κ2) is 4.59. The molecule has 0 aromatic heterocycles. The molecule has 0 amide bonds. The molecule has 2 aliphatic rings. The van der Waals surface area contributed by atoms with Gasteiger partial charge in [0.1, 0.15) is 0 Å². The van der Waals surface area contributed by atoms with Crippen molar-refractivity contribution < 1.29 is 14.0 Å². The van der Waals surface area contributed by atoms with Crippen molar-refractivity contribution in [3.8, 4) is 0 Å². The summed E-state index contributed by atoms with van der Waals surface area (Å²) < 4.78 is 17.9. The predicted molar refractivity (Wildman–Crippen MR) is 80.2 cm³/mol. The van der Waals surface area contributed by atoms with Crippen molar-refractivity contribution >= 4 is 12.6 Å². The third-order valence-electron chi connectivity index (χ3n) is 5.04. The van der Waals surface area contributed by atoms with Crippen LogP contribution in [-0.4, -0.2) is 25.4 Å². The highest BCUT2D eigenvalue weighted by molar-refractivity contribution is 6.62. The van der Waals surface area contributed by atoms with Crippen molar-refractivity contribution in [1.29, 1.82) is 0 Å². The van der Waals surface area contributed by atoms with Crippen molar-refractivity contribution in [2.45, 2.75) is 57.8 Å². The summed E-state index contributed by atoms with van der Waals surface area (Å²) in [7, 11) is 1.51. The summed E-state index contributed by atoms with van der Waals surface area (Å²) in [5.41, 5.74) is 3.22. The fourth-order valence-corrected chi connectivity index (χ4v) is 3.08. The quantitative estimate of drug-likeness (QED) is 0.776. The Labute approximate surface area is 121 Å². The largest absolute Gasteiger partial charge is 0.495 e. The van der Waals surface area contributed by atoms with Crippen LogP contribution in [0.2, 0.25) is 0 Å². The van der Waals surface area contributed by atoms with Gasteiger partial charge in [-0.15, -0.1) is 0 Å². The number of ether oxygens (including phenoxy) is 1. The molecule has 0 radical (unpaired) electrons. The summed E-state index contributed by atoms with van der Waals surface area (Å²) in [6, 6.07) is 6.36. The van der Waals surface area contributed by atoms with Crippen molar-refractivity contribution in [2.75, 3.05) is 7.11 Å². The van der Waals surface area contributed by atoms with Crippen molar-refractivity contribution in [2.24, 2.45) is 0 Å².